The van der Waals surface area contributed by atoms with E-state index < -0.39 is 0 Å². The van der Waals surface area contributed by atoms with Crippen LogP contribution in [0.15, 0.2) is 0 Å². The second-order valence-electron chi connectivity index (χ2n) is 21.5. The molecule has 0 aromatic rings. The summed E-state index contributed by atoms with van der Waals surface area (Å²) in [5, 5.41) is 3.18. The van der Waals surface area contributed by atoms with Gasteiger partial charge < -0.3 is 10.2 Å². The minimum atomic E-state index is 0.275. The molecule has 0 heterocycles. The van der Waals surface area contributed by atoms with Crippen LogP contribution in [0.2, 0.25) is 0 Å². The summed E-state index contributed by atoms with van der Waals surface area (Å²) >= 11 is 0. The molecule has 0 aliphatic rings. The van der Waals surface area contributed by atoms with Crippen molar-refractivity contribution in [2.24, 2.45) is 11.8 Å². The molecular weight excluding hydrogens is 765 g/mol. The predicted molar refractivity (Wildman–Crippen MR) is 286 cm³/mol. The molecule has 3 nitrogen and oxygen atoms in total. The van der Waals surface area contributed by atoms with E-state index in [1.807, 2.05) is 0 Å². The SMILES string of the molecule is CCCCCCCCCCCCCCCCCCC(CCCCCCCCC(CCCCCCCCCC)CCCCCCCCCCC)CCCCC(=O)NCCCCN(C)C. The molecular formula is C60H122N2O. The van der Waals surface area contributed by atoms with E-state index in [0.717, 1.165) is 50.6 Å². The van der Waals surface area contributed by atoms with Gasteiger partial charge in [-0.15, -0.1) is 0 Å². The number of carbonyl (C=O) groups excluding carboxylic acids is 1. The molecule has 0 aliphatic carbocycles. The van der Waals surface area contributed by atoms with Crippen LogP contribution >= 0.6 is 0 Å². The van der Waals surface area contributed by atoms with Crippen molar-refractivity contribution in [2.75, 3.05) is 27.2 Å². The van der Waals surface area contributed by atoms with E-state index in [1.165, 1.54) is 295 Å². The van der Waals surface area contributed by atoms with E-state index in [2.05, 4.69) is 45.1 Å². The van der Waals surface area contributed by atoms with Crippen molar-refractivity contribution < 1.29 is 4.79 Å². The average molecular weight is 888 g/mol. The van der Waals surface area contributed by atoms with E-state index in [-0.39, 0.29) is 5.91 Å². The summed E-state index contributed by atoms with van der Waals surface area (Å²) in [5.41, 5.74) is 0. The van der Waals surface area contributed by atoms with Crippen LogP contribution < -0.4 is 5.32 Å². The zero-order chi connectivity index (χ0) is 45.8. The van der Waals surface area contributed by atoms with Gasteiger partial charge in [-0.05, 0) is 51.7 Å². The molecule has 0 bridgehead atoms. The standard InChI is InChI=1S/C60H122N2O/c1-6-9-12-15-18-21-22-23-24-25-26-27-29-32-37-42-52-59(54-45-46-55-60(63)61-56-47-48-57-62(4)5)53-44-39-34-33-38-43-51-58(49-40-35-30-20-17-14-11-8-3)50-41-36-31-28-19-16-13-10-7-2/h58-59H,6-57H2,1-5H3,(H,61,63). The smallest absolute Gasteiger partial charge is 0.219 e. The molecule has 1 amide bonds. The summed E-state index contributed by atoms with van der Waals surface area (Å²) in [6.45, 7) is 8.92. The zero-order valence-corrected chi connectivity index (χ0v) is 44.8. The number of hydrogen-bond acceptors (Lipinski definition) is 2. The first kappa shape index (κ1) is 62.4. The van der Waals surface area contributed by atoms with Crippen molar-refractivity contribution in [1.82, 2.24) is 10.2 Å². The Bertz CT molecular complexity index is 842. The van der Waals surface area contributed by atoms with Gasteiger partial charge in [-0.25, -0.2) is 0 Å². The maximum Gasteiger partial charge on any atom is 0.219 e. The molecule has 63 heavy (non-hydrogen) atoms. The van der Waals surface area contributed by atoms with Gasteiger partial charge in [0.25, 0.3) is 0 Å². The maximum atomic E-state index is 12.5. The Labute approximate surface area is 400 Å². The highest BCUT2D eigenvalue weighted by Crippen LogP contribution is 2.27. The van der Waals surface area contributed by atoms with Crippen LogP contribution in [0.1, 0.15) is 342 Å². The first-order valence-electron chi connectivity index (χ1n) is 29.9. The van der Waals surface area contributed by atoms with E-state index >= 15 is 0 Å². The first-order chi connectivity index (χ1) is 31.0. The number of nitrogens with one attached hydrogen (secondary N) is 1. The summed E-state index contributed by atoms with van der Waals surface area (Å²) in [6.07, 6.45) is 70.6. The number of nitrogens with zero attached hydrogens (tertiary/aromatic N) is 1. The van der Waals surface area contributed by atoms with Crippen LogP contribution in [-0.2, 0) is 4.79 Å². The van der Waals surface area contributed by atoms with E-state index in [0.29, 0.717) is 0 Å². The quantitative estimate of drug-likeness (QED) is 0.0617. The highest BCUT2D eigenvalue weighted by atomic mass is 16.1. The zero-order valence-electron chi connectivity index (χ0n) is 44.8. The number of rotatable bonds is 55. The van der Waals surface area contributed by atoms with Gasteiger partial charge in [0.05, 0.1) is 0 Å². The van der Waals surface area contributed by atoms with Crippen LogP contribution in [0.25, 0.3) is 0 Å². The lowest BCUT2D eigenvalue weighted by Crippen LogP contribution is -2.25. The highest BCUT2D eigenvalue weighted by Gasteiger charge is 2.12. The third-order valence-corrected chi connectivity index (χ3v) is 14.7. The normalized spacial score (nSPS) is 12.7. The van der Waals surface area contributed by atoms with E-state index in [4.69, 9.17) is 0 Å². The molecule has 0 saturated heterocycles. The Kier molecular flexibility index (Phi) is 53.6. The lowest BCUT2D eigenvalue weighted by molar-refractivity contribution is -0.121. The summed E-state index contributed by atoms with van der Waals surface area (Å²) < 4.78 is 0. The van der Waals surface area contributed by atoms with Gasteiger partial charge in [0.2, 0.25) is 5.91 Å². The second-order valence-corrected chi connectivity index (χ2v) is 21.5. The number of amides is 1. The van der Waals surface area contributed by atoms with Gasteiger partial charge in [-0.1, -0.05) is 316 Å². The summed E-state index contributed by atoms with van der Waals surface area (Å²) in [6, 6.07) is 0. The molecule has 0 aromatic heterocycles. The molecule has 0 fully saturated rings. The third kappa shape index (κ3) is 52.3. The Morgan fingerprint density at radius 2 is 0.556 bits per heavy atom. The Morgan fingerprint density at radius 3 is 0.810 bits per heavy atom. The van der Waals surface area contributed by atoms with E-state index in [1.54, 1.807) is 0 Å². The van der Waals surface area contributed by atoms with E-state index in [9.17, 15) is 4.79 Å². The number of hydrogen-bond donors (Lipinski definition) is 1. The molecule has 0 aromatic carbocycles. The van der Waals surface area contributed by atoms with Crippen molar-refractivity contribution in [2.45, 2.75) is 342 Å². The topological polar surface area (TPSA) is 32.3 Å². The Morgan fingerprint density at radius 1 is 0.317 bits per heavy atom. The van der Waals surface area contributed by atoms with Crippen LogP contribution in [0.4, 0.5) is 0 Å². The first-order valence-corrected chi connectivity index (χ1v) is 29.9. The molecule has 0 radical (unpaired) electrons. The van der Waals surface area contributed by atoms with Crippen molar-refractivity contribution in [3.05, 3.63) is 0 Å². The van der Waals surface area contributed by atoms with Gasteiger partial charge in [0.1, 0.15) is 0 Å². The third-order valence-electron chi connectivity index (χ3n) is 14.7. The predicted octanol–water partition coefficient (Wildman–Crippen LogP) is 20.5. The fourth-order valence-corrected chi connectivity index (χ4v) is 10.3. The van der Waals surface area contributed by atoms with Crippen molar-refractivity contribution in [3.63, 3.8) is 0 Å². The lowest BCUT2D eigenvalue weighted by Gasteiger charge is -2.18. The minimum absolute atomic E-state index is 0.275. The molecule has 0 rings (SSSR count). The van der Waals surface area contributed by atoms with Gasteiger partial charge in [-0.3, -0.25) is 4.79 Å². The highest BCUT2D eigenvalue weighted by molar-refractivity contribution is 5.75. The molecule has 0 spiro atoms. The largest absolute Gasteiger partial charge is 0.356 e. The van der Waals surface area contributed by atoms with Crippen LogP contribution in [0, 0.1) is 11.8 Å². The fourth-order valence-electron chi connectivity index (χ4n) is 10.3. The molecule has 0 aliphatic heterocycles. The molecule has 2 unspecified atom stereocenters. The lowest BCUT2D eigenvalue weighted by atomic mass is 9.88. The second kappa shape index (κ2) is 54.0. The summed E-state index contributed by atoms with van der Waals surface area (Å²) in [4.78, 5) is 14.7. The van der Waals surface area contributed by atoms with Crippen LogP contribution in [0.5, 0.6) is 0 Å². The van der Waals surface area contributed by atoms with Crippen LogP contribution in [-0.4, -0.2) is 38.0 Å². The minimum Gasteiger partial charge on any atom is -0.356 e. The number of carbonyl (C=O) groups is 1. The van der Waals surface area contributed by atoms with Gasteiger partial charge in [0, 0.05) is 13.0 Å². The molecule has 2 atom stereocenters. The molecule has 0 saturated carbocycles. The maximum absolute atomic E-state index is 12.5. The van der Waals surface area contributed by atoms with Crippen molar-refractivity contribution in [1.29, 1.82) is 0 Å². The van der Waals surface area contributed by atoms with Gasteiger partial charge in [-0.2, -0.15) is 0 Å². The molecule has 3 heteroatoms. The molecule has 1 N–H and O–H groups in total. The number of unbranched alkanes of at least 4 members (excludes halogenated alkanes) is 37. The van der Waals surface area contributed by atoms with Crippen molar-refractivity contribution >= 4 is 5.91 Å². The Hall–Kier alpha value is -0.570. The average Bonchev–Trinajstić information content (AvgIpc) is 3.27. The van der Waals surface area contributed by atoms with Gasteiger partial charge >= 0.3 is 0 Å². The fraction of sp³-hybridized carbons (Fsp3) is 0.983. The van der Waals surface area contributed by atoms with Gasteiger partial charge in [0.15, 0.2) is 0 Å². The monoisotopic (exact) mass is 887 g/mol. The summed E-state index contributed by atoms with van der Waals surface area (Å²) in [7, 11) is 4.25. The summed E-state index contributed by atoms with van der Waals surface area (Å²) in [5.74, 6) is 2.15. The van der Waals surface area contributed by atoms with Crippen LogP contribution in [0.3, 0.4) is 0 Å². The van der Waals surface area contributed by atoms with Crippen molar-refractivity contribution in [3.8, 4) is 0 Å². The molecule has 378 valence electrons. The Balaban J connectivity index is 4.46.